The van der Waals surface area contributed by atoms with Crippen LogP contribution in [0.25, 0.3) is 0 Å². The molecule has 4 unspecified atom stereocenters. The smallest absolute Gasteiger partial charge is 0.318 e. The maximum atomic E-state index is 13.6. The largest absolute Gasteiger partial charge is 0.468 e. The molecule has 4 atom stereocenters. The number of halogens is 4. The summed E-state index contributed by atoms with van der Waals surface area (Å²) >= 11 is 24.5. The highest BCUT2D eigenvalue weighted by atomic mass is 35.5. The standard InChI is InChI=1S/C22H19Cl4NO5/c1-27-18(10-4-6-12(23)14(25)8-10)16(21(29)31-2)20(28)17(22(30)32-3)19(27)11-5-7-13(24)15(26)9-11/h4-9,16-19H,1-3H3. The van der Waals surface area contributed by atoms with Crippen molar-refractivity contribution in [1.29, 1.82) is 0 Å². The van der Waals surface area contributed by atoms with Crippen LogP contribution in [0.2, 0.25) is 20.1 Å². The van der Waals surface area contributed by atoms with E-state index in [9.17, 15) is 14.4 Å². The molecule has 0 radical (unpaired) electrons. The number of benzene rings is 2. The van der Waals surface area contributed by atoms with E-state index in [2.05, 4.69) is 0 Å². The summed E-state index contributed by atoms with van der Waals surface area (Å²) in [6.45, 7) is 0. The third kappa shape index (κ3) is 4.47. The molecule has 32 heavy (non-hydrogen) atoms. The monoisotopic (exact) mass is 517 g/mol. The Balaban J connectivity index is 2.24. The van der Waals surface area contributed by atoms with Crippen LogP contribution in [0, 0.1) is 11.8 Å². The van der Waals surface area contributed by atoms with Crippen molar-refractivity contribution in [2.24, 2.45) is 11.8 Å². The molecule has 0 aliphatic carbocycles. The Labute approximate surface area is 205 Å². The van der Waals surface area contributed by atoms with Crippen LogP contribution in [-0.4, -0.2) is 43.9 Å². The van der Waals surface area contributed by atoms with Crippen molar-refractivity contribution in [3.8, 4) is 0 Å². The fourth-order valence-electron chi connectivity index (χ4n) is 4.14. The summed E-state index contributed by atoms with van der Waals surface area (Å²) in [5, 5.41) is 1.16. The van der Waals surface area contributed by atoms with E-state index in [1.165, 1.54) is 14.2 Å². The van der Waals surface area contributed by atoms with Gasteiger partial charge in [-0.2, -0.15) is 0 Å². The lowest BCUT2D eigenvalue weighted by atomic mass is 9.73. The number of rotatable bonds is 4. The van der Waals surface area contributed by atoms with Crippen LogP contribution in [0.1, 0.15) is 23.2 Å². The van der Waals surface area contributed by atoms with E-state index in [1.54, 1.807) is 48.3 Å². The van der Waals surface area contributed by atoms with Crippen molar-refractivity contribution >= 4 is 64.1 Å². The van der Waals surface area contributed by atoms with Crippen molar-refractivity contribution in [3.05, 3.63) is 67.6 Å². The number of hydrogen-bond acceptors (Lipinski definition) is 6. The van der Waals surface area contributed by atoms with Crippen molar-refractivity contribution in [1.82, 2.24) is 4.90 Å². The van der Waals surface area contributed by atoms with Gasteiger partial charge in [0.15, 0.2) is 5.78 Å². The molecular weight excluding hydrogens is 500 g/mol. The summed E-state index contributed by atoms with van der Waals surface area (Å²) in [5.41, 5.74) is 1.11. The van der Waals surface area contributed by atoms with Crippen LogP contribution >= 0.6 is 46.4 Å². The van der Waals surface area contributed by atoms with Gasteiger partial charge >= 0.3 is 11.9 Å². The molecule has 10 heteroatoms. The van der Waals surface area contributed by atoms with Crippen molar-refractivity contribution < 1.29 is 23.9 Å². The third-order valence-electron chi connectivity index (χ3n) is 5.60. The molecule has 6 nitrogen and oxygen atoms in total. The lowest BCUT2D eigenvalue weighted by molar-refractivity contribution is -0.167. The summed E-state index contributed by atoms with van der Waals surface area (Å²) in [5.74, 6) is -4.79. The number of nitrogens with zero attached hydrogens (tertiary/aromatic N) is 1. The second-order valence-corrected chi connectivity index (χ2v) is 8.94. The molecule has 1 heterocycles. The van der Waals surface area contributed by atoms with Crippen molar-refractivity contribution in [3.63, 3.8) is 0 Å². The van der Waals surface area contributed by atoms with Crippen molar-refractivity contribution in [2.45, 2.75) is 12.1 Å². The quantitative estimate of drug-likeness (QED) is 0.410. The number of Topliss-reactive ketones (excluding diaryl/α,β-unsaturated/α-hetero) is 1. The van der Waals surface area contributed by atoms with Gasteiger partial charge in [-0.05, 0) is 42.4 Å². The molecular formula is C22H19Cl4NO5. The second-order valence-electron chi connectivity index (χ2n) is 7.31. The Hall–Kier alpha value is -1.83. The fraction of sp³-hybridized carbons (Fsp3) is 0.318. The average molecular weight is 519 g/mol. The third-order valence-corrected chi connectivity index (χ3v) is 7.08. The minimum Gasteiger partial charge on any atom is -0.468 e. The Morgan fingerprint density at radius 1 is 0.750 bits per heavy atom. The predicted octanol–water partition coefficient (Wildman–Crippen LogP) is 5.18. The maximum absolute atomic E-state index is 13.6. The highest BCUT2D eigenvalue weighted by molar-refractivity contribution is 6.42. The number of ether oxygens (including phenoxy) is 2. The van der Waals surface area contributed by atoms with Crippen LogP contribution in [0.4, 0.5) is 0 Å². The lowest BCUT2D eigenvalue weighted by Crippen LogP contribution is -2.54. The molecule has 2 aromatic carbocycles. The summed E-state index contributed by atoms with van der Waals surface area (Å²) in [7, 11) is 4.05. The summed E-state index contributed by atoms with van der Waals surface area (Å²) in [6.07, 6.45) is 0. The molecule has 0 spiro atoms. The normalized spacial score (nSPS) is 23.7. The number of ketones is 1. The van der Waals surface area contributed by atoms with Crippen LogP contribution < -0.4 is 0 Å². The van der Waals surface area contributed by atoms with Crippen LogP contribution in [0.15, 0.2) is 36.4 Å². The zero-order chi connectivity index (χ0) is 23.7. The van der Waals surface area contributed by atoms with Crippen molar-refractivity contribution in [2.75, 3.05) is 21.3 Å². The number of hydrogen-bond donors (Lipinski definition) is 0. The lowest BCUT2D eigenvalue weighted by Gasteiger charge is -2.46. The van der Waals surface area contributed by atoms with Gasteiger partial charge in [-0.3, -0.25) is 19.3 Å². The highest BCUT2D eigenvalue weighted by Crippen LogP contribution is 2.47. The van der Waals surface area contributed by atoms with E-state index in [0.29, 0.717) is 21.2 Å². The van der Waals surface area contributed by atoms with Gasteiger partial charge in [0.05, 0.1) is 46.4 Å². The molecule has 3 rings (SSSR count). The Morgan fingerprint density at radius 2 is 1.12 bits per heavy atom. The summed E-state index contributed by atoms with van der Waals surface area (Å²) < 4.78 is 9.83. The van der Waals surface area contributed by atoms with E-state index in [1.807, 2.05) is 0 Å². The molecule has 0 amide bonds. The molecule has 1 aliphatic heterocycles. The Bertz CT molecular complexity index is 995. The minimum atomic E-state index is -1.30. The van der Waals surface area contributed by atoms with Gasteiger partial charge in [0.1, 0.15) is 11.8 Å². The molecule has 1 saturated heterocycles. The van der Waals surface area contributed by atoms with Gasteiger partial charge < -0.3 is 9.47 Å². The molecule has 2 aromatic rings. The van der Waals surface area contributed by atoms with Gasteiger partial charge in [0.25, 0.3) is 0 Å². The predicted molar refractivity (Wildman–Crippen MR) is 122 cm³/mol. The Kier molecular flexibility index (Phi) is 7.73. The first kappa shape index (κ1) is 24.8. The number of methoxy groups -OCH3 is 2. The van der Waals surface area contributed by atoms with Gasteiger partial charge in [0.2, 0.25) is 0 Å². The first-order valence-electron chi connectivity index (χ1n) is 9.43. The van der Waals surface area contributed by atoms with E-state index in [-0.39, 0.29) is 10.0 Å². The second kappa shape index (κ2) is 9.98. The Morgan fingerprint density at radius 3 is 1.44 bits per heavy atom. The van der Waals surface area contributed by atoms with Crippen LogP contribution in [-0.2, 0) is 23.9 Å². The zero-order valence-corrected chi connectivity index (χ0v) is 20.3. The molecule has 1 fully saturated rings. The minimum absolute atomic E-state index is 0.259. The van der Waals surface area contributed by atoms with Gasteiger partial charge in [-0.25, -0.2) is 0 Å². The number of carbonyl (C=O) groups excluding carboxylic acids is 3. The zero-order valence-electron chi connectivity index (χ0n) is 17.3. The molecule has 170 valence electrons. The number of likely N-dealkylation sites (tertiary alicyclic amines) is 1. The maximum Gasteiger partial charge on any atom is 0.318 e. The molecule has 1 aliphatic rings. The van der Waals surface area contributed by atoms with Gasteiger partial charge in [0, 0.05) is 0 Å². The van der Waals surface area contributed by atoms with E-state index in [0.717, 1.165) is 0 Å². The number of carbonyl (C=O) groups is 3. The SMILES string of the molecule is COC(=O)C1C(=O)C(C(=O)OC)C(c2ccc(Cl)c(Cl)c2)N(C)C1c1ccc(Cl)c(Cl)c1. The van der Waals surface area contributed by atoms with Crippen LogP contribution in [0.5, 0.6) is 0 Å². The average Bonchev–Trinajstić information content (AvgIpc) is 2.77. The molecule has 0 saturated carbocycles. The van der Waals surface area contributed by atoms with Crippen LogP contribution in [0.3, 0.4) is 0 Å². The number of piperidine rings is 1. The molecule has 0 aromatic heterocycles. The van der Waals surface area contributed by atoms with E-state index >= 15 is 0 Å². The number of esters is 2. The summed E-state index contributed by atoms with van der Waals surface area (Å²) in [4.78, 5) is 40.8. The first-order chi connectivity index (χ1) is 15.1. The molecule has 0 bridgehead atoms. The van der Waals surface area contributed by atoms with E-state index < -0.39 is 41.6 Å². The summed E-state index contributed by atoms with van der Waals surface area (Å²) in [6, 6.07) is 8.05. The van der Waals surface area contributed by atoms with E-state index in [4.69, 9.17) is 55.9 Å². The topological polar surface area (TPSA) is 72.9 Å². The van der Waals surface area contributed by atoms with Gasteiger partial charge in [-0.15, -0.1) is 0 Å². The van der Waals surface area contributed by atoms with Gasteiger partial charge in [-0.1, -0.05) is 58.5 Å². The first-order valence-corrected chi connectivity index (χ1v) is 10.9. The fourth-order valence-corrected chi connectivity index (χ4v) is 4.75. The highest BCUT2D eigenvalue weighted by Gasteiger charge is 2.55. The molecule has 0 N–H and O–H groups in total.